The van der Waals surface area contributed by atoms with E-state index in [1.807, 2.05) is 18.2 Å². The van der Waals surface area contributed by atoms with Crippen LogP contribution < -0.4 is 15.8 Å². The largest absolute Gasteiger partial charge is 0.380 e. The molecule has 2 N–H and O–H groups in total. The molecule has 2 aromatic heterocycles. The van der Waals surface area contributed by atoms with Gasteiger partial charge in [0.1, 0.15) is 5.39 Å². The highest BCUT2D eigenvalue weighted by molar-refractivity contribution is 5.74. The third-order valence-corrected chi connectivity index (χ3v) is 4.22. The molecule has 7 nitrogen and oxygen atoms in total. The minimum atomic E-state index is -0.141. The van der Waals surface area contributed by atoms with Crippen molar-refractivity contribution in [1.29, 1.82) is 0 Å². The summed E-state index contributed by atoms with van der Waals surface area (Å²) in [4.78, 5) is 21.7. The van der Waals surface area contributed by atoms with E-state index in [0.29, 0.717) is 23.0 Å². The van der Waals surface area contributed by atoms with Gasteiger partial charge in [-0.25, -0.2) is 0 Å². The van der Waals surface area contributed by atoms with Crippen molar-refractivity contribution < 1.29 is 0 Å². The third kappa shape index (κ3) is 2.54. The van der Waals surface area contributed by atoms with Crippen LogP contribution in [0.5, 0.6) is 0 Å². The number of nitrogens with zero attached hydrogens (tertiary/aromatic N) is 4. The number of aromatic amines is 1. The Hall–Kier alpha value is -2.83. The molecule has 0 amide bonds. The van der Waals surface area contributed by atoms with Crippen LogP contribution in [0.1, 0.15) is 6.42 Å². The maximum absolute atomic E-state index is 12.2. The average Bonchev–Trinajstić information content (AvgIpc) is 3.16. The van der Waals surface area contributed by atoms with E-state index in [2.05, 4.69) is 37.4 Å². The highest BCUT2D eigenvalue weighted by atomic mass is 16.1. The van der Waals surface area contributed by atoms with E-state index in [1.54, 1.807) is 17.9 Å². The van der Waals surface area contributed by atoms with E-state index in [1.165, 1.54) is 0 Å². The summed E-state index contributed by atoms with van der Waals surface area (Å²) < 4.78 is 1.63. The zero-order chi connectivity index (χ0) is 15.8. The first-order valence-electron chi connectivity index (χ1n) is 7.69. The standard InChI is InChI=1S/C16H18N6O/c1-21-14-13(9-17-21)15(23)20-16(19-14)22-8-7-12(10-22)18-11-5-3-2-4-6-11/h2-6,9,12,18H,7-8,10H2,1H3,(H,19,20,23)/t12-/m0/s1. The molecule has 1 aliphatic rings. The average molecular weight is 310 g/mol. The summed E-state index contributed by atoms with van der Waals surface area (Å²) in [6, 6.07) is 10.5. The molecular formula is C16H18N6O. The zero-order valence-electron chi connectivity index (χ0n) is 12.9. The van der Waals surface area contributed by atoms with Crippen molar-refractivity contribution >= 4 is 22.7 Å². The molecule has 1 aliphatic heterocycles. The molecule has 7 heteroatoms. The number of benzene rings is 1. The van der Waals surface area contributed by atoms with Gasteiger partial charge >= 0.3 is 0 Å². The number of aryl methyl sites for hydroxylation is 1. The molecule has 1 atom stereocenters. The van der Waals surface area contributed by atoms with Crippen LogP contribution in [0.15, 0.2) is 41.3 Å². The zero-order valence-corrected chi connectivity index (χ0v) is 12.9. The normalized spacial score (nSPS) is 17.8. The molecular weight excluding hydrogens is 292 g/mol. The van der Waals surface area contributed by atoms with Gasteiger partial charge in [0, 0.05) is 31.9 Å². The number of fused-ring (bicyclic) bond motifs is 1. The Morgan fingerprint density at radius 1 is 1.30 bits per heavy atom. The quantitative estimate of drug-likeness (QED) is 0.763. The van der Waals surface area contributed by atoms with Gasteiger partial charge in [0.2, 0.25) is 5.95 Å². The number of anilines is 2. The van der Waals surface area contributed by atoms with E-state index in [-0.39, 0.29) is 5.56 Å². The van der Waals surface area contributed by atoms with E-state index in [4.69, 9.17) is 0 Å². The number of hydrogen-bond acceptors (Lipinski definition) is 5. The summed E-state index contributed by atoms with van der Waals surface area (Å²) in [5.41, 5.74) is 1.59. The molecule has 3 heterocycles. The summed E-state index contributed by atoms with van der Waals surface area (Å²) in [5, 5.41) is 8.14. The van der Waals surface area contributed by atoms with Crippen molar-refractivity contribution in [2.75, 3.05) is 23.3 Å². The lowest BCUT2D eigenvalue weighted by molar-refractivity contribution is 0.779. The van der Waals surface area contributed by atoms with E-state index < -0.39 is 0 Å². The summed E-state index contributed by atoms with van der Waals surface area (Å²) in [5.74, 6) is 0.614. The molecule has 0 spiro atoms. The second-order valence-corrected chi connectivity index (χ2v) is 5.84. The number of aromatic nitrogens is 4. The van der Waals surface area contributed by atoms with Gasteiger partial charge in [0.25, 0.3) is 5.56 Å². The van der Waals surface area contributed by atoms with Crippen LogP contribution in [0.25, 0.3) is 11.0 Å². The second kappa shape index (κ2) is 5.42. The van der Waals surface area contributed by atoms with Crippen molar-refractivity contribution in [2.24, 2.45) is 7.05 Å². The Kier molecular flexibility index (Phi) is 3.25. The van der Waals surface area contributed by atoms with E-state index >= 15 is 0 Å². The Morgan fingerprint density at radius 3 is 2.96 bits per heavy atom. The fraction of sp³-hybridized carbons (Fsp3) is 0.312. The predicted molar refractivity (Wildman–Crippen MR) is 89.8 cm³/mol. The minimum absolute atomic E-state index is 0.141. The molecule has 0 unspecified atom stereocenters. The summed E-state index contributed by atoms with van der Waals surface area (Å²) in [6.07, 6.45) is 2.55. The molecule has 3 aromatic rings. The third-order valence-electron chi connectivity index (χ3n) is 4.22. The smallest absolute Gasteiger partial charge is 0.263 e. The summed E-state index contributed by atoms with van der Waals surface area (Å²) in [7, 11) is 1.79. The fourth-order valence-electron chi connectivity index (χ4n) is 3.01. The molecule has 1 aromatic carbocycles. The molecule has 0 aliphatic carbocycles. The van der Waals surface area contributed by atoms with Crippen molar-refractivity contribution in [3.8, 4) is 0 Å². The number of rotatable bonds is 3. The molecule has 4 rings (SSSR count). The van der Waals surface area contributed by atoms with Gasteiger partial charge in [-0.1, -0.05) is 18.2 Å². The van der Waals surface area contributed by atoms with Crippen LogP contribution >= 0.6 is 0 Å². The summed E-state index contributed by atoms with van der Waals surface area (Å²) >= 11 is 0. The highest BCUT2D eigenvalue weighted by Crippen LogP contribution is 2.20. The molecule has 23 heavy (non-hydrogen) atoms. The van der Waals surface area contributed by atoms with Gasteiger partial charge in [-0.3, -0.25) is 14.5 Å². The maximum atomic E-state index is 12.2. The van der Waals surface area contributed by atoms with Gasteiger partial charge in [0.15, 0.2) is 5.65 Å². The van der Waals surface area contributed by atoms with Crippen LogP contribution in [0.2, 0.25) is 0 Å². The lowest BCUT2D eigenvalue weighted by atomic mass is 10.2. The Morgan fingerprint density at radius 2 is 2.13 bits per heavy atom. The fourth-order valence-corrected chi connectivity index (χ4v) is 3.01. The topological polar surface area (TPSA) is 78.8 Å². The van der Waals surface area contributed by atoms with Crippen LogP contribution in [0, 0.1) is 0 Å². The Bertz CT molecular complexity index is 884. The van der Waals surface area contributed by atoms with Crippen LogP contribution in [0.3, 0.4) is 0 Å². The minimum Gasteiger partial charge on any atom is -0.380 e. The van der Waals surface area contributed by atoms with Crippen LogP contribution in [-0.4, -0.2) is 38.9 Å². The van der Waals surface area contributed by atoms with Gasteiger partial charge in [-0.15, -0.1) is 0 Å². The Labute approximate surface area is 133 Å². The first kappa shape index (κ1) is 13.8. The monoisotopic (exact) mass is 310 g/mol. The first-order valence-corrected chi connectivity index (χ1v) is 7.69. The second-order valence-electron chi connectivity index (χ2n) is 5.84. The van der Waals surface area contributed by atoms with Crippen LogP contribution in [0.4, 0.5) is 11.6 Å². The SMILES string of the molecule is Cn1ncc2c(=O)[nH]c(N3CC[C@H](Nc4ccccc4)C3)nc21. The lowest BCUT2D eigenvalue weighted by Gasteiger charge is -2.18. The Balaban J connectivity index is 1.55. The molecule has 0 radical (unpaired) electrons. The molecule has 118 valence electrons. The number of H-pyrrole nitrogens is 1. The molecule has 0 bridgehead atoms. The van der Waals surface area contributed by atoms with Crippen LogP contribution in [-0.2, 0) is 7.05 Å². The molecule has 0 saturated carbocycles. The first-order chi connectivity index (χ1) is 11.2. The molecule has 1 saturated heterocycles. The number of para-hydroxylation sites is 1. The predicted octanol–water partition coefficient (Wildman–Crippen LogP) is 1.35. The van der Waals surface area contributed by atoms with Crippen molar-refractivity contribution in [2.45, 2.75) is 12.5 Å². The van der Waals surface area contributed by atoms with Crippen molar-refractivity contribution in [1.82, 2.24) is 19.7 Å². The summed E-state index contributed by atoms with van der Waals surface area (Å²) in [6.45, 7) is 1.66. The van der Waals surface area contributed by atoms with Gasteiger partial charge < -0.3 is 10.2 Å². The van der Waals surface area contributed by atoms with E-state index in [9.17, 15) is 4.79 Å². The van der Waals surface area contributed by atoms with Crippen molar-refractivity contribution in [3.05, 3.63) is 46.9 Å². The van der Waals surface area contributed by atoms with Gasteiger partial charge in [-0.2, -0.15) is 10.1 Å². The van der Waals surface area contributed by atoms with Gasteiger partial charge in [-0.05, 0) is 18.6 Å². The number of hydrogen-bond donors (Lipinski definition) is 2. The van der Waals surface area contributed by atoms with Gasteiger partial charge in [0.05, 0.1) is 6.20 Å². The molecule has 1 fully saturated rings. The lowest BCUT2D eigenvalue weighted by Crippen LogP contribution is -2.28. The van der Waals surface area contributed by atoms with E-state index in [0.717, 1.165) is 25.2 Å². The highest BCUT2D eigenvalue weighted by Gasteiger charge is 2.24. The number of nitrogens with one attached hydrogen (secondary N) is 2. The van der Waals surface area contributed by atoms with Crippen molar-refractivity contribution in [3.63, 3.8) is 0 Å². The maximum Gasteiger partial charge on any atom is 0.263 e.